The molecule has 100 valence electrons. The fourth-order valence-corrected chi connectivity index (χ4v) is 3.02. The Balaban J connectivity index is 2.00. The summed E-state index contributed by atoms with van der Waals surface area (Å²) in [5.74, 6) is -0.889. The molecule has 20 heavy (non-hydrogen) atoms. The molecule has 0 radical (unpaired) electrons. The van der Waals surface area contributed by atoms with Gasteiger partial charge in [-0.2, -0.15) is 5.10 Å². The minimum absolute atomic E-state index is 0.352. The fraction of sp³-hybridized carbons (Fsp3) is 0.0667. The van der Waals surface area contributed by atoms with Crippen LogP contribution in [0.3, 0.4) is 0 Å². The van der Waals surface area contributed by atoms with Crippen molar-refractivity contribution in [2.75, 3.05) is 0 Å². The molecular formula is C15H12N2O2S. The summed E-state index contributed by atoms with van der Waals surface area (Å²) in [5, 5.41) is 13.4. The number of para-hydroxylation sites is 1. The van der Waals surface area contributed by atoms with E-state index in [9.17, 15) is 4.79 Å². The zero-order valence-corrected chi connectivity index (χ0v) is 11.6. The molecule has 2 aromatic heterocycles. The SMILES string of the molecule is Cc1cc(C(=O)O)sc1-c1cnn(-c2ccccc2)c1. The molecule has 0 atom stereocenters. The van der Waals surface area contributed by atoms with Gasteiger partial charge in [-0.1, -0.05) is 18.2 Å². The Morgan fingerprint density at radius 3 is 2.70 bits per heavy atom. The fourth-order valence-electron chi connectivity index (χ4n) is 2.04. The van der Waals surface area contributed by atoms with Gasteiger partial charge in [0.25, 0.3) is 0 Å². The van der Waals surface area contributed by atoms with Crippen molar-refractivity contribution in [1.82, 2.24) is 9.78 Å². The number of aromatic nitrogens is 2. The molecule has 0 aliphatic carbocycles. The maximum Gasteiger partial charge on any atom is 0.345 e. The summed E-state index contributed by atoms with van der Waals surface area (Å²) in [7, 11) is 0. The quantitative estimate of drug-likeness (QED) is 0.799. The van der Waals surface area contributed by atoms with Gasteiger partial charge >= 0.3 is 5.97 Å². The number of carbonyl (C=O) groups is 1. The summed E-state index contributed by atoms with van der Waals surface area (Å²) in [5.41, 5.74) is 2.87. The van der Waals surface area contributed by atoms with Gasteiger partial charge in [0, 0.05) is 16.6 Å². The minimum atomic E-state index is -0.889. The van der Waals surface area contributed by atoms with Crippen LogP contribution >= 0.6 is 11.3 Å². The van der Waals surface area contributed by atoms with Crippen LogP contribution in [0.15, 0.2) is 48.8 Å². The van der Waals surface area contributed by atoms with Crippen LogP contribution in [0.25, 0.3) is 16.1 Å². The third-order valence-corrected chi connectivity index (χ3v) is 4.27. The van der Waals surface area contributed by atoms with Gasteiger partial charge in [0.1, 0.15) is 4.88 Å². The average Bonchev–Trinajstić information content (AvgIpc) is 3.06. The molecular weight excluding hydrogens is 272 g/mol. The second-order valence-electron chi connectivity index (χ2n) is 4.44. The number of rotatable bonds is 3. The van der Waals surface area contributed by atoms with Crippen LogP contribution in [-0.4, -0.2) is 20.9 Å². The standard InChI is InChI=1S/C15H12N2O2S/c1-10-7-13(15(18)19)20-14(10)11-8-16-17(9-11)12-5-3-2-4-6-12/h2-9H,1H3,(H,18,19). The van der Waals surface area contributed by atoms with E-state index < -0.39 is 5.97 Å². The van der Waals surface area contributed by atoms with E-state index in [-0.39, 0.29) is 0 Å². The summed E-state index contributed by atoms with van der Waals surface area (Å²) >= 11 is 1.28. The van der Waals surface area contributed by atoms with Crippen molar-refractivity contribution in [2.24, 2.45) is 0 Å². The highest BCUT2D eigenvalue weighted by molar-refractivity contribution is 7.17. The Hall–Kier alpha value is -2.40. The van der Waals surface area contributed by atoms with E-state index in [1.807, 2.05) is 43.5 Å². The molecule has 3 aromatic rings. The van der Waals surface area contributed by atoms with Gasteiger partial charge in [-0.15, -0.1) is 11.3 Å². The van der Waals surface area contributed by atoms with E-state index in [0.717, 1.165) is 21.7 Å². The predicted molar refractivity (Wildman–Crippen MR) is 78.6 cm³/mol. The zero-order chi connectivity index (χ0) is 14.1. The lowest BCUT2D eigenvalue weighted by molar-refractivity contribution is 0.0702. The summed E-state index contributed by atoms with van der Waals surface area (Å²) in [4.78, 5) is 12.3. The molecule has 1 N–H and O–H groups in total. The minimum Gasteiger partial charge on any atom is -0.477 e. The third kappa shape index (κ3) is 2.23. The van der Waals surface area contributed by atoms with E-state index in [2.05, 4.69) is 5.10 Å². The Labute approximate surface area is 119 Å². The first-order valence-corrected chi connectivity index (χ1v) is 6.91. The Morgan fingerprint density at radius 1 is 1.30 bits per heavy atom. The van der Waals surface area contributed by atoms with Crippen LogP contribution in [-0.2, 0) is 0 Å². The second-order valence-corrected chi connectivity index (χ2v) is 5.49. The first-order chi connectivity index (χ1) is 9.65. The van der Waals surface area contributed by atoms with Crippen molar-refractivity contribution in [1.29, 1.82) is 0 Å². The summed E-state index contributed by atoms with van der Waals surface area (Å²) in [6, 6.07) is 11.5. The van der Waals surface area contributed by atoms with E-state index in [4.69, 9.17) is 5.11 Å². The van der Waals surface area contributed by atoms with Crippen molar-refractivity contribution in [2.45, 2.75) is 6.92 Å². The van der Waals surface area contributed by atoms with Crippen molar-refractivity contribution in [3.63, 3.8) is 0 Å². The molecule has 0 saturated carbocycles. The topological polar surface area (TPSA) is 55.1 Å². The average molecular weight is 284 g/mol. The number of aryl methyl sites for hydroxylation is 1. The third-order valence-electron chi connectivity index (χ3n) is 2.99. The number of nitrogens with zero attached hydrogens (tertiary/aromatic N) is 2. The van der Waals surface area contributed by atoms with Crippen LogP contribution in [0.5, 0.6) is 0 Å². The highest BCUT2D eigenvalue weighted by Gasteiger charge is 2.14. The van der Waals surface area contributed by atoms with Crippen molar-refractivity contribution in [3.05, 3.63) is 59.2 Å². The number of hydrogen-bond donors (Lipinski definition) is 1. The summed E-state index contributed by atoms with van der Waals surface area (Å²) < 4.78 is 1.79. The first kappa shape index (κ1) is 12.6. The molecule has 0 unspecified atom stereocenters. The maximum atomic E-state index is 11.0. The summed E-state index contributed by atoms with van der Waals surface area (Å²) in [6.45, 7) is 1.91. The molecule has 0 spiro atoms. The number of aromatic carboxylic acids is 1. The highest BCUT2D eigenvalue weighted by atomic mass is 32.1. The molecule has 0 aliphatic heterocycles. The molecule has 2 heterocycles. The van der Waals surface area contributed by atoms with E-state index >= 15 is 0 Å². The molecule has 5 heteroatoms. The molecule has 1 aromatic carbocycles. The van der Waals surface area contributed by atoms with Gasteiger partial charge in [0.15, 0.2) is 0 Å². The predicted octanol–water partition coefficient (Wildman–Crippen LogP) is 3.61. The van der Waals surface area contributed by atoms with Gasteiger partial charge < -0.3 is 5.11 Å². The monoisotopic (exact) mass is 284 g/mol. The van der Waals surface area contributed by atoms with Crippen LogP contribution in [0.2, 0.25) is 0 Å². The molecule has 0 fully saturated rings. The Morgan fingerprint density at radius 2 is 2.05 bits per heavy atom. The largest absolute Gasteiger partial charge is 0.477 e. The van der Waals surface area contributed by atoms with Gasteiger partial charge in [-0.25, -0.2) is 9.48 Å². The zero-order valence-electron chi connectivity index (χ0n) is 10.8. The molecule has 3 rings (SSSR count). The van der Waals surface area contributed by atoms with Gasteiger partial charge in [-0.05, 0) is 30.7 Å². The lowest BCUT2D eigenvalue weighted by Gasteiger charge is -1.99. The van der Waals surface area contributed by atoms with E-state index in [1.54, 1.807) is 16.9 Å². The molecule has 0 amide bonds. The van der Waals surface area contributed by atoms with E-state index in [0.29, 0.717) is 4.88 Å². The number of carboxylic acid groups (broad SMARTS) is 1. The van der Waals surface area contributed by atoms with Crippen molar-refractivity contribution >= 4 is 17.3 Å². The van der Waals surface area contributed by atoms with Gasteiger partial charge in [-0.3, -0.25) is 0 Å². The number of thiophene rings is 1. The Bertz CT molecular complexity index is 759. The number of hydrogen-bond acceptors (Lipinski definition) is 3. The smallest absolute Gasteiger partial charge is 0.345 e. The molecule has 4 nitrogen and oxygen atoms in total. The van der Waals surface area contributed by atoms with Crippen LogP contribution in [0.4, 0.5) is 0 Å². The van der Waals surface area contributed by atoms with Crippen LogP contribution in [0, 0.1) is 6.92 Å². The summed E-state index contributed by atoms with van der Waals surface area (Å²) in [6.07, 6.45) is 3.68. The molecule has 0 saturated heterocycles. The van der Waals surface area contributed by atoms with Gasteiger partial charge in [0.05, 0.1) is 11.9 Å². The van der Waals surface area contributed by atoms with Crippen molar-refractivity contribution < 1.29 is 9.90 Å². The number of benzene rings is 1. The normalized spacial score (nSPS) is 10.7. The Kier molecular flexibility index (Phi) is 3.12. The highest BCUT2D eigenvalue weighted by Crippen LogP contribution is 2.32. The lowest BCUT2D eigenvalue weighted by Crippen LogP contribution is -1.92. The van der Waals surface area contributed by atoms with Crippen LogP contribution < -0.4 is 0 Å². The second kappa shape index (κ2) is 4.94. The number of carboxylic acids is 1. The van der Waals surface area contributed by atoms with E-state index in [1.165, 1.54) is 11.3 Å². The molecule has 0 aliphatic rings. The first-order valence-electron chi connectivity index (χ1n) is 6.09. The van der Waals surface area contributed by atoms with Crippen molar-refractivity contribution in [3.8, 4) is 16.1 Å². The maximum absolute atomic E-state index is 11.0. The molecule has 0 bridgehead atoms. The van der Waals surface area contributed by atoms with Crippen LogP contribution in [0.1, 0.15) is 15.2 Å². The van der Waals surface area contributed by atoms with Gasteiger partial charge in [0.2, 0.25) is 0 Å². The lowest BCUT2D eigenvalue weighted by atomic mass is 10.2.